The summed E-state index contributed by atoms with van der Waals surface area (Å²) in [5.41, 5.74) is 6.54. The highest BCUT2D eigenvalue weighted by molar-refractivity contribution is 5.74. The Bertz CT molecular complexity index is 659. The lowest BCUT2D eigenvalue weighted by Gasteiger charge is -2.33. The lowest BCUT2D eigenvalue weighted by Crippen LogP contribution is -2.37. The summed E-state index contributed by atoms with van der Waals surface area (Å²) < 4.78 is 0. The first-order chi connectivity index (χ1) is 11.2. The van der Waals surface area contributed by atoms with Crippen molar-refractivity contribution in [1.82, 2.24) is 9.97 Å². The molecule has 2 heterocycles. The Balaban J connectivity index is 1.70. The van der Waals surface area contributed by atoms with E-state index in [0.717, 1.165) is 44.0 Å². The van der Waals surface area contributed by atoms with Gasteiger partial charge in [-0.15, -0.1) is 0 Å². The first-order valence-electron chi connectivity index (χ1n) is 8.10. The zero-order valence-electron chi connectivity index (χ0n) is 13.2. The van der Waals surface area contributed by atoms with E-state index in [1.807, 2.05) is 30.5 Å². The molecule has 1 amide bonds. The van der Waals surface area contributed by atoms with Crippen LogP contribution in [0.5, 0.6) is 0 Å². The molecule has 0 spiro atoms. The molecule has 120 valence electrons. The minimum absolute atomic E-state index is 0.218. The Morgan fingerprint density at radius 2 is 2.09 bits per heavy atom. The third-order valence-corrected chi connectivity index (χ3v) is 4.23. The van der Waals surface area contributed by atoms with Gasteiger partial charge < -0.3 is 10.6 Å². The van der Waals surface area contributed by atoms with Crippen LogP contribution in [0.15, 0.2) is 42.6 Å². The second kappa shape index (κ2) is 7.22. The number of nitrogens with two attached hydrogens (primary N) is 1. The smallest absolute Gasteiger partial charge is 0.217 e. The molecule has 1 aliphatic heterocycles. The van der Waals surface area contributed by atoms with Crippen molar-refractivity contribution in [2.24, 2.45) is 11.7 Å². The highest BCUT2D eigenvalue weighted by Gasteiger charge is 2.22. The number of piperidine rings is 1. The number of aromatic nitrogens is 2. The molecule has 0 saturated carbocycles. The molecule has 0 radical (unpaired) electrons. The number of hydrogen-bond donors (Lipinski definition) is 1. The van der Waals surface area contributed by atoms with Gasteiger partial charge in [0.2, 0.25) is 5.91 Å². The molecule has 2 N–H and O–H groups in total. The van der Waals surface area contributed by atoms with Gasteiger partial charge in [0.25, 0.3) is 0 Å². The van der Waals surface area contributed by atoms with E-state index in [1.165, 1.54) is 5.56 Å². The fraction of sp³-hybridized carbons (Fsp3) is 0.389. The number of carbonyl (C=O) groups excluding carboxylic acids is 1. The molecular weight excluding hydrogens is 288 g/mol. The van der Waals surface area contributed by atoms with E-state index in [4.69, 9.17) is 10.7 Å². The third kappa shape index (κ3) is 4.28. The average Bonchev–Trinajstić information content (AvgIpc) is 2.56. The molecule has 3 rings (SSSR count). The van der Waals surface area contributed by atoms with E-state index in [2.05, 4.69) is 22.0 Å². The molecule has 23 heavy (non-hydrogen) atoms. The molecule has 5 heteroatoms. The van der Waals surface area contributed by atoms with Crippen LogP contribution < -0.4 is 10.6 Å². The summed E-state index contributed by atoms with van der Waals surface area (Å²) in [6.45, 7) is 1.81. The van der Waals surface area contributed by atoms with Crippen molar-refractivity contribution in [2.75, 3.05) is 18.0 Å². The maximum atomic E-state index is 11.1. The first kappa shape index (κ1) is 15.5. The minimum atomic E-state index is -0.218. The van der Waals surface area contributed by atoms with Crippen molar-refractivity contribution >= 4 is 11.7 Å². The zero-order valence-corrected chi connectivity index (χ0v) is 13.2. The van der Waals surface area contributed by atoms with E-state index in [9.17, 15) is 4.79 Å². The zero-order chi connectivity index (χ0) is 16.1. The van der Waals surface area contributed by atoms with Crippen LogP contribution in [-0.2, 0) is 11.2 Å². The first-order valence-corrected chi connectivity index (χ1v) is 8.10. The van der Waals surface area contributed by atoms with Gasteiger partial charge in [-0.2, -0.15) is 0 Å². The van der Waals surface area contributed by atoms with Crippen LogP contribution in [0.2, 0.25) is 0 Å². The van der Waals surface area contributed by atoms with Crippen LogP contribution in [0.4, 0.5) is 5.82 Å². The predicted molar refractivity (Wildman–Crippen MR) is 90.0 cm³/mol. The van der Waals surface area contributed by atoms with Crippen molar-refractivity contribution in [3.63, 3.8) is 0 Å². The topological polar surface area (TPSA) is 72.1 Å². The Hall–Kier alpha value is -2.43. The van der Waals surface area contributed by atoms with Crippen LogP contribution in [0, 0.1) is 5.92 Å². The highest BCUT2D eigenvalue weighted by atomic mass is 16.1. The number of hydrogen-bond acceptors (Lipinski definition) is 4. The van der Waals surface area contributed by atoms with Gasteiger partial charge in [0.15, 0.2) is 0 Å². The van der Waals surface area contributed by atoms with Crippen molar-refractivity contribution < 1.29 is 4.79 Å². The van der Waals surface area contributed by atoms with Gasteiger partial charge in [-0.1, -0.05) is 30.3 Å². The minimum Gasteiger partial charge on any atom is -0.370 e. The maximum absolute atomic E-state index is 11.1. The van der Waals surface area contributed by atoms with Crippen LogP contribution in [0.1, 0.15) is 30.7 Å². The lowest BCUT2D eigenvalue weighted by molar-refractivity contribution is -0.118. The molecule has 1 saturated heterocycles. The third-order valence-electron chi connectivity index (χ3n) is 4.23. The summed E-state index contributed by atoms with van der Waals surface area (Å²) in [7, 11) is 0. The average molecular weight is 310 g/mol. The van der Waals surface area contributed by atoms with Crippen LogP contribution >= 0.6 is 0 Å². The van der Waals surface area contributed by atoms with Crippen molar-refractivity contribution in [2.45, 2.75) is 25.7 Å². The summed E-state index contributed by atoms with van der Waals surface area (Å²) in [5, 5.41) is 0. The van der Waals surface area contributed by atoms with Gasteiger partial charge in [-0.3, -0.25) is 4.79 Å². The molecule has 5 nitrogen and oxygen atoms in total. The molecule has 2 aromatic rings. The molecule has 0 unspecified atom stereocenters. The Morgan fingerprint density at radius 3 is 2.87 bits per heavy atom. The van der Waals surface area contributed by atoms with Crippen LogP contribution in [0.3, 0.4) is 0 Å². The van der Waals surface area contributed by atoms with E-state index in [-0.39, 0.29) is 5.91 Å². The molecule has 1 fully saturated rings. The standard InChI is InChI=1S/C18H22N4O/c19-16(23)11-15-7-4-10-22(13-15)18-8-9-20-17(21-18)12-14-5-2-1-3-6-14/h1-3,5-6,8-9,15H,4,7,10-13H2,(H2,19,23)/t15-/m0/s1. The van der Waals surface area contributed by atoms with Gasteiger partial charge in [0.1, 0.15) is 11.6 Å². The summed E-state index contributed by atoms with van der Waals surface area (Å²) in [6.07, 6.45) is 5.13. The Kier molecular flexibility index (Phi) is 4.86. The lowest BCUT2D eigenvalue weighted by atomic mass is 9.94. The monoisotopic (exact) mass is 310 g/mol. The van der Waals surface area contributed by atoms with Crippen LogP contribution in [0.25, 0.3) is 0 Å². The maximum Gasteiger partial charge on any atom is 0.217 e. The van der Waals surface area contributed by atoms with Gasteiger partial charge in [-0.25, -0.2) is 9.97 Å². The molecule has 1 atom stereocenters. The number of carbonyl (C=O) groups is 1. The van der Waals surface area contributed by atoms with Gasteiger partial charge in [-0.05, 0) is 30.4 Å². The Labute approximate surface area is 136 Å². The molecule has 1 aromatic heterocycles. The van der Waals surface area contributed by atoms with E-state index in [0.29, 0.717) is 12.3 Å². The number of rotatable bonds is 5. The summed E-state index contributed by atoms with van der Waals surface area (Å²) in [4.78, 5) is 22.5. The summed E-state index contributed by atoms with van der Waals surface area (Å²) >= 11 is 0. The SMILES string of the molecule is NC(=O)C[C@@H]1CCCN(c2ccnc(Cc3ccccc3)n2)C1. The number of nitrogens with zero attached hydrogens (tertiary/aromatic N) is 3. The fourth-order valence-electron chi connectivity index (χ4n) is 3.15. The van der Waals surface area contributed by atoms with Gasteiger partial charge in [0.05, 0.1) is 0 Å². The highest BCUT2D eigenvalue weighted by Crippen LogP contribution is 2.23. The second-order valence-electron chi connectivity index (χ2n) is 6.12. The molecule has 0 aliphatic carbocycles. The molecule has 1 aromatic carbocycles. The van der Waals surface area contributed by atoms with Crippen molar-refractivity contribution in [1.29, 1.82) is 0 Å². The van der Waals surface area contributed by atoms with E-state index in [1.54, 1.807) is 0 Å². The summed E-state index contributed by atoms with van der Waals surface area (Å²) in [5.74, 6) is 1.88. The number of primary amides is 1. The second-order valence-corrected chi connectivity index (χ2v) is 6.12. The largest absolute Gasteiger partial charge is 0.370 e. The molecular formula is C18H22N4O. The van der Waals surface area contributed by atoms with Crippen molar-refractivity contribution in [3.8, 4) is 0 Å². The number of benzene rings is 1. The number of amides is 1. The van der Waals surface area contributed by atoms with Crippen molar-refractivity contribution in [3.05, 3.63) is 54.0 Å². The summed E-state index contributed by atoms with van der Waals surface area (Å²) in [6, 6.07) is 12.2. The fourth-order valence-corrected chi connectivity index (χ4v) is 3.15. The molecule has 0 bridgehead atoms. The normalized spacial score (nSPS) is 17.9. The quantitative estimate of drug-likeness (QED) is 0.918. The van der Waals surface area contributed by atoms with E-state index < -0.39 is 0 Å². The van der Waals surface area contributed by atoms with Crippen LogP contribution in [-0.4, -0.2) is 29.0 Å². The van der Waals surface area contributed by atoms with Gasteiger partial charge in [0, 0.05) is 32.1 Å². The van der Waals surface area contributed by atoms with E-state index >= 15 is 0 Å². The molecule has 1 aliphatic rings. The number of anilines is 1. The van der Waals surface area contributed by atoms with Gasteiger partial charge >= 0.3 is 0 Å². The Morgan fingerprint density at radius 1 is 1.26 bits per heavy atom. The predicted octanol–water partition coefficient (Wildman–Crippen LogP) is 2.16.